The van der Waals surface area contributed by atoms with Gasteiger partial charge in [-0.1, -0.05) is 0 Å². The van der Waals surface area contributed by atoms with Crippen LogP contribution in [0, 0.1) is 5.82 Å². The summed E-state index contributed by atoms with van der Waals surface area (Å²) < 4.78 is 84.4. The van der Waals surface area contributed by atoms with Crippen LogP contribution in [-0.2, 0) is 10.0 Å². The van der Waals surface area contributed by atoms with E-state index >= 15 is 0 Å². The SMILES string of the molecule is COc1cc(S(=O)(=O)NCC(N2CCNCC2)C(F)(F)F)ccc1F.Cl. The maximum absolute atomic E-state index is 13.4. The molecule has 1 aliphatic rings. The maximum Gasteiger partial charge on any atom is 0.405 e. The molecule has 2 N–H and O–H groups in total. The highest BCUT2D eigenvalue weighted by molar-refractivity contribution is 7.89. The molecule has 0 aromatic heterocycles. The lowest BCUT2D eigenvalue weighted by molar-refractivity contribution is -0.182. The lowest BCUT2D eigenvalue weighted by atomic mass is 10.2. The zero-order valence-electron chi connectivity index (χ0n) is 13.8. The topological polar surface area (TPSA) is 70.7 Å². The summed E-state index contributed by atoms with van der Waals surface area (Å²) in [6, 6.07) is 0.829. The molecule has 0 spiro atoms. The number of sulfonamides is 1. The normalized spacial score (nSPS) is 17.4. The molecular weight excluding hydrogens is 402 g/mol. The molecule has 1 aromatic carbocycles. The van der Waals surface area contributed by atoms with Crippen LogP contribution in [0.2, 0.25) is 0 Å². The minimum atomic E-state index is -4.58. The van der Waals surface area contributed by atoms with Gasteiger partial charge < -0.3 is 10.1 Å². The predicted octanol–water partition coefficient (Wildman–Crippen LogP) is 1.37. The Labute approximate surface area is 155 Å². The molecule has 1 heterocycles. The molecule has 1 aliphatic heterocycles. The van der Waals surface area contributed by atoms with Crippen molar-refractivity contribution in [3.05, 3.63) is 24.0 Å². The van der Waals surface area contributed by atoms with Gasteiger partial charge >= 0.3 is 6.18 Å². The molecule has 12 heteroatoms. The molecule has 0 saturated carbocycles. The van der Waals surface area contributed by atoms with E-state index < -0.39 is 34.6 Å². The van der Waals surface area contributed by atoms with Gasteiger partial charge in [-0.05, 0) is 12.1 Å². The van der Waals surface area contributed by atoms with Crippen LogP contribution in [0.1, 0.15) is 0 Å². The van der Waals surface area contributed by atoms with E-state index in [1.54, 1.807) is 0 Å². The molecule has 0 bridgehead atoms. The van der Waals surface area contributed by atoms with Crippen molar-refractivity contribution in [2.45, 2.75) is 17.1 Å². The smallest absolute Gasteiger partial charge is 0.405 e. The quantitative estimate of drug-likeness (QED) is 0.679. The van der Waals surface area contributed by atoms with E-state index in [0.717, 1.165) is 25.3 Å². The summed E-state index contributed by atoms with van der Waals surface area (Å²) in [5, 5.41) is 2.94. The van der Waals surface area contributed by atoms with Crippen molar-refractivity contribution >= 4 is 22.4 Å². The molecule has 1 fully saturated rings. The van der Waals surface area contributed by atoms with Crippen molar-refractivity contribution in [1.82, 2.24) is 14.9 Å². The molecule has 1 saturated heterocycles. The highest BCUT2D eigenvalue weighted by Gasteiger charge is 2.44. The molecule has 1 atom stereocenters. The average Bonchev–Trinajstić information content (AvgIpc) is 2.55. The van der Waals surface area contributed by atoms with Gasteiger partial charge in [0, 0.05) is 38.8 Å². The first kappa shape index (κ1) is 22.9. The van der Waals surface area contributed by atoms with Crippen LogP contribution in [0.4, 0.5) is 17.6 Å². The Kier molecular flexibility index (Phi) is 8.08. The summed E-state index contributed by atoms with van der Waals surface area (Å²) in [6.45, 7) is 0.293. The molecule has 6 nitrogen and oxygen atoms in total. The molecule has 1 aromatic rings. The fraction of sp³-hybridized carbons (Fsp3) is 0.571. The van der Waals surface area contributed by atoms with Gasteiger partial charge in [0.1, 0.15) is 6.04 Å². The number of hydrogen-bond acceptors (Lipinski definition) is 5. The van der Waals surface area contributed by atoms with Gasteiger partial charge in [-0.15, -0.1) is 12.4 Å². The monoisotopic (exact) mass is 421 g/mol. The molecule has 0 radical (unpaired) electrons. The van der Waals surface area contributed by atoms with Crippen LogP contribution in [0.3, 0.4) is 0 Å². The highest BCUT2D eigenvalue weighted by Crippen LogP contribution is 2.26. The van der Waals surface area contributed by atoms with Crippen LogP contribution in [0.5, 0.6) is 5.75 Å². The van der Waals surface area contributed by atoms with Gasteiger partial charge in [0.25, 0.3) is 0 Å². The van der Waals surface area contributed by atoms with Crippen LogP contribution in [-0.4, -0.2) is 65.4 Å². The number of halogens is 5. The van der Waals surface area contributed by atoms with E-state index in [2.05, 4.69) is 5.32 Å². The van der Waals surface area contributed by atoms with Crippen LogP contribution in [0.15, 0.2) is 23.1 Å². The van der Waals surface area contributed by atoms with Gasteiger partial charge in [-0.3, -0.25) is 4.90 Å². The first-order valence-corrected chi connectivity index (χ1v) is 8.98. The minimum absolute atomic E-state index is 0. The number of rotatable bonds is 6. The van der Waals surface area contributed by atoms with Gasteiger partial charge in [0.05, 0.1) is 12.0 Å². The molecule has 2 rings (SSSR count). The second-order valence-electron chi connectivity index (χ2n) is 5.49. The number of alkyl halides is 3. The number of piperazine rings is 1. The first-order valence-electron chi connectivity index (χ1n) is 7.50. The summed E-state index contributed by atoms with van der Waals surface area (Å²) in [5.74, 6) is -1.08. The summed E-state index contributed by atoms with van der Waals surface area (Å²) in [4.78, 5) is 0.816. The third kappa shape index (κ3) is 5.68. The van der Waals surface area contributed by atoms with Crippen LogP contribution >= 0.6 is 12.4 Å². The number of benzene rings is 1. The second kappa shape index (κ2) is 9.18. The van der Waals surface area contributed by atoms with Crippen molar-refractivity contribution in [3.63, 3.8) is 0 Å². The van der Waals surface area contributed by atoms with Gasteiger partial charge in [-0.25, -0.2) is 17.5 Å². The van der Waals surface area contributed by atoms with E-state index in [9.17, 15) is 26.0 Å². The van der Waals surface area contributed by atoms with Gasteiger partial charge in [-0.2, -0.15) is 13.2 Å². The lowest BCUT2D eigenvalue weighted by Gasteiger charge is -2.35. The van der Waals surface area contributed by atoms with E-state index in [-0.39, 0.29) is 36.1 Å². The molecule has 1 unspecified atom stereocenters. The Bertz CT molecular complexity index is 697. The number of nitrogens with zero attached hydrogens (tertiary/aromatic N) is 1. The molecular formula is C14H20ClF4N3O3S. The Hall–Kier alpha value is -1.14. The lowest BCUT2D eigenvalue weighted by Crippen LogP contribution is -2.57. The van der Waals surface area contributed by atoms with E-state index in [0.29, 0.717) is 13.1 Å². The molecule has 26 heavy (non-hydrogen) atoms. The van der Waals surface area contributed by atoms with Gasteiger partial charge in [0.15, 0.2) is 11.6 Å². The zero-order valence-corrected chi connectivity index (χ0v) is 15.5. The Morgan fingerprint density at radius 3 is 2.46 bits per heavy atom. The van der Waals surface area contributed by atoms with Gasteiger partial charge in [0.2, 0.25) is 10.0 Å². The minimum Gasteiger partial charge on any atom is -0.494 e. The number of ether oxygens (including phenoxy) is 1. The van der Waals surface area contributed by atoms with Crippen LogP contribution < -0.4 is 14.8 Å². The Morgan fingerprint density at radius 1 is 1.31 bits per heavy atom. The summed E-state index contributed by atoms with van der Waals surface area (Å²) in [6.07, 6.45) is -4.58. The largest absolute Gasteiger partial charge is 0.494 e. The molecule has 0 amide bonds. The second-order valence-corrected chi connectivity index (χ2v) is 7.26. The number of methoxy groups -OCH3 is 1. The molecule has 0 aliphatic carbocycles. The van der Waals surface area contributed by atoms with Crippen molar-refractivity contribution in [1.29, 1.82) is 0 Å². The van der Waals surface area contributed by atoms with Crippen molar-refractivity contribution in [3.8, 4) is 5.75 Å². The van der Waals surface area contributed by atoms with Crippen molar-refractivity contribution in [2.24, 2.45) is 0 Å². The first-order chi connectivity index (χ1) is 11.6. The summed E-state index contributed by atoms with van der Waals surface area (Å²) in [5.41, 5.74) is 0. The summed E-state index contributed by atoms with van der Waals surface area (Å²) >= 11 is 0. The molecule has 150 valence electrons. The fourth-order valence-corrected chi connectivity index (χ4v) is 3.58. The maximum atomic E-state index is 13.4. The van der Waals surface area contributed by atoms with Crippen molar-refractivity contribution < 1.29 is 30.7 Å². The third-order valence-corrected chi connectivity index (χ3v) is 5.29. The summed E-state index contributed by atoms with van der Waals surface area (Å²) in [7, 11) is -3.08. The standard InChI is InChI=1S/C14H19F4N3O3S.ClH/c1-24-12-8-10(2-3-11(12)15)25(22,23)20-9-13(14(16,17)18)21-6-4-19-5-7-21;/h2-3,8,13,19-20H,4-7,9H2,1H3;1H. The fourth-order valence-electron chi connectivity index (χ4n) is 2.52. The van der Waals surface area contributed by atoms with Crippen LogP contribution in [0.25, 0.3) is 0 Å². The highest BCUT2D eigenvalue weighted by atomic mass is 35.5. The number of hydrogen-bond donors (Lipinski definition) is 2. The number of nitrogens with one attached hydrogen (secondary N) is 2. The Morgan fingerprint density at radius 2 is 1.92 bits per heavy atom. The average molecular weight is 422 g/mol. The predicted molar refractivity (Wildman–Crippen MR) is 89.7 cm³/mol. The van der Waals surface area contributed by atoms with Crippen molar-refractivity contribution in [2.75, 3.05) is 39.8 Å². The van der Waals surface area contributed by atoms with E-state index in [1.165, 1.54) is 4.90 Å². The zero-order chi connectivity index (χ0) is 18.7. The Balaban J connectivity index is 0.00000338. The van der Waals surface area contributed by atoms with E-state index in [1.807, 2.05) is 4.72 Å². The van der Waals surface area contributed by atoms with E-state index in [4.69, 9.17) is 4.74 Å². The third-order valence-electron chi connectivity index (χ3n) is 3.87.